The summed E-state index contributed by atoms with van der Waals surface area (Å²) in [5, 5.41) is 10.6. The van der Waals surface area contributed by atoms with Gasteiger partial charge in [0, 0.05) is 5.56 Å². The van der Waals surface area contributed by atoms with Crippen LogP contribution in [0.1, 0.15) is 15.9 Å². The molecule has 0 radical (unpaired) electrons. The van der Waals surface area contributed by atoms with Gasteiger partial charge >= 0.3 is 35.7 Å². The third kappa shape index (κ3) is 4.53. The zero-order valence-electron chi connectivity index (χ0n) is 9.34. The quantitative estimate of drug-likeness (QED) is 0.293. The molecule has 6 heteroatoms. The Morgan fingerprint density at radius 3 is 2.29 bits per heavy atom. The number of hydrogen-bond acceptors (Lipinski definition) is 2. The number of carbonyl (C=O) groups is 1. The first-order valence-corrected chi connectivity index (χ1v) is 4.38. The Hall–Kier alpha value is -0.780. The smallest absolute Gasteiger partial charge is 0.869 e. The number of allylic oxidation sites excluding steroid dienone is 2. The minimum Gasteiger partial charge on any atom is -0.869 e. The van der Waals surface area contributed by atoms with Gasteiger partial charge in [0.2, 0.25) is 0 Å². The fourth-order valence-corrected chi connectivity index (χ4v) is 1.13. The van der Waals surface area contributed by atoms with Gasteiger partial charge in [0.1, 0.15) is 0 Å². The fourth-order valence-electron chi connectivity index (χ4n) is 1.13. The number of ketones is 1. The Bertz CT molecular complexity index is 439. The van der Waals surface area contributed by atoms with Crippen molar-refractivity contribution < 1.29 is 52.6 Å². The molecule has 0 spiro atoms. The van der Waals surface area contributed by atoms with Gasteiger partial charge in [-0.3, -0.25) is 4.79 Å². The van der Waals surface area contributed by atoms with Crippen LogP contribution in [0.25, 0.3) is 0 Å². The van der Waals surface area contributed by atoms with Crippen molar-refractivity contribution in [3.05, 3.63) is 47.2 Å². The second-order valence-electron chi connectivity index (χ2n) is 3.19. The molecule has 0 unspecified atom stereocenters. The van der Waals surface area contributed by atoms with E-state index in [1.54, 1.807) is 19.1 Å². The van der Waals surface area contributed by atoms with E-state index >= 15 is 0 Å². The molecule has 0 aromatic heterocycles. The van der Waals surface area contributed by atoms with Crippen molar-refractivity contribution in [2.75, 3.05) is 0 Å². The van der Waals surface area contributed by atoms with Crippen molar-refractivity contribution in [3.63, 3.8) is 0 Å². The van der Waals surface area contributed by atoms with Crippen molar-refractivity contribution in [1.29, 1.82) is 0 Å². The largest absolute Gasteiger partial charge is 1.00 e. The molecule has 0 saturated carbocycles. The van der Waals surface area contributed by atoms with Crippen LogP contribution in [-0.4, -0.2) is 12.0 Å². The SMILES string of the molecule is Cc1ccccc1C(=O)/C=C(/[O-])C(F)(F)F.[Na+]. The third-order valence-electron chi connectivity index (χ3n) is 1.95. The minimum absolute atomic E-state index is 0. The number of halogens is 3. The minimum atomic E-state index is -5.00. The van der Waals surface area contributed by atoms with Crippen LogP contribution in [0, 0.1) is 6.92 Å². The third-order valence-corrected chi connectivity index (χ3v) is 1.95. The van der Waals surface area contributed by atoms with Crippen molar-refractivity contribution in [3.8, 4) is 0 Å². The van der Waals surface area contributed by atoms with Gasteiger partial charge in [-0.15, -0.1) is 0 Å². The molecule has 17 heavy (non-hydrogen) atoms. The molecule has 86 valence electrons. The second kappa shape index (κ2) is 6.23. The summed E-state index contributed by atoms with van der Waals surface area (Å²) < 4.78 is 35.7. The zero-order valence-corrected chi connectivity index (χ0v) is 11.3. The van der Waals surface area contributed by atoms with Gasteiger partial charge in [0.15, 0.2) is 5.78 Å². The van der Waals surface area contributed by atoms with Gasteiger partial charge in [0.25, 0.3) is 0 Å². The standard InChI is InChI=1S/C11H9F3O2.Na/c1-7-4-2-3-5-8(7)9(15)6-10(16)11(12,13)14;/h2-6,16H,1H3;/q;+1/p-1/b10-6+;. The van der Waals surface area contributed by atoms with Crippen molar-refractivity contribution in [1.82, 2.24) is 0 Å². The molecule has 1 aromatic rings. The van der Waals surface area contributed by atoms with Crippen molar-refractivity contribution in [2.24, 2.45) is 0 Å². The molecular weight excluding hydrogens is 244 g/mol. The molecule has 0 aliphatic heterocycles. The topological polar surface area (TPSA) is 40.1 Å². The summed E-state index contributed by atoms with van der Waals surface area (Å²) in [5.41, 5.74) is 0.624. The molecule has 0 bridgehead atoms. The molecule has 2 nitrogen and oxygen atoms in total. The average molecular weight is 252 g/mol. The van der Waals surface area contributed by atoms with Crippen LogP contribution >= 0.6 is 0 Å². The number of benzene rings is 1. The number of aryl methyl sites for hydroxylation is 1. The van der Waals surface area contributed by atoms with Crippen LogP contribution in [0.3, 0.4) is 0 Å². The van der Waals surface area contributed by atoms with E-state index in [0.717, 1.165) is 0 Å². The summed E-state index contributed by atoms with van der Waals surface area (Å²) in [7, 11) is 0. The van der Waals surface area contributed by atoms with Gasteiger partial charge in [-0.1, -0.05) is 24.3 Å². The first kappa shape index (κ1) is 16.2. The van der Waals surface area contributed by atoms with Crippen molar-refractivity contribution >= 4 is 5.78 Å². The summed E-state index contributed by atoms with van der Waals surface area (Å²) in [6, 6.07) is 6.13. The van der Waals surface area contributed by atoms with Crippen molar-refractivity contribution in [2.45, 2.75) is 13.1 Å². The maximum atomic E-state index is 11.9. The van der Waals surface area contributed by atoms with E-state index in [9.17, 15) is 23.1 Å². The predicted molar refractivity (Wildman–Crippen MR) is 49.6 cm³/mol. The number of alkyl halides is 3. The number of hydrogen-bond donors (Lipinski definition) is 0. The molecular formula is C11H8F3NaO2. The van der Waals surface area contributed by atoms with Gasteiger partial charge in [-0.05, 0) is 24.3 Å². The number of rotatable bonds is 2. The molecule has 0 aliphatic carbocycles. The van der Waals surface area contributed by atoms with E-state index in [2.05, 4.69) is 0 Å². The molecule has 0 fully saturated rings. The second-order valence-corrected chi connectivity index (χ2v) is 3.19. The van der Waals surface area contributed by atoms with Gasteiger partial charge in [-0.25, -0.2) is 0 Å². The van der Waals surface area contributed by atoms with Crippen LogP contribution in [-0.2, 0) is 0 Å². The predicted octanol–water partition coefficient (Wildman–Crippen LogP) is -1.01. The van der Waals surface area contributed by atoms with Crippen LogP contribution in [0.2, 0.25) is 0 Å². The summed E-state index contributed by atoms with van der Waals surface area (Å²) in [4.78, 5) is 11.3. The molecule has 0 aliphatic rings. The Labute approximate surface area is 118 Å². The van der Waals surface area contributed by atoms with Crippen LogP contribution in [0.5, 0.6) is 0 Å². The molecule has 0 saturated heterocycles. The summed E-state index contributed by atoms with van der Waals surface area (Å²) in [6.07, 6.45) is -4.93. The van der Waals surface area contributed by atoms with E-state index in [4.69, 9.17) is 0 Å². The van der Waals surface area contributed by atoms with Gasteiger partial charge < -0.3 is 5.11 Å². The van der Waals surface area contributed by atoms with Gasteiger partial charge in [-0.2, -0.15) is 13.2 Å². The first-order valence-electron chi connectivity index (χ1n) is 4.38. The Morgan fingerprint density at radius 2 is 1.82 bits per heavy atom. The first-order chi connectivity index (χ1) is 7.32. The van der Waals surface area contributed by atoms with Gasteiger partial charge in [0.05, 0.1) is 0 Å². The summed E-state index contributed by atoms with van der Waals surface area (Å²) >= 11 is 0. The summed E-state index contributed by atoms with van der Waals surface area (Å²) in [5.74, 6) is -3.07. The molecule has 1 rings (SSSR count). The molecule has 0 heterocycles. The van der Waals surface area contributed by atoms with E-state index in [0.29, 0.717) is 5.56 Å². The van der Waals surface area contributed by atoms with E-state index in [1.807, 2.05) is 0 Å². The maximum Gasteiger partial charge on any atom is 1.00 e. The van der Waals surface area contributed by atoms with E-state index in [-0.39, 0.29) is 41.2 Å². The number of carbonyl (C=O) groups excluding carboxylic acids is 1. The van der Waals surface area contributed by atoms with E-state index in [1.165, 1.54) is 12.1 Å². The Balaban J connectivity index is 0.00000256. The van der Waals surface area contributed by atoms with Crippen LogP contribution in [0.15, 0.2) is 36.1 Å². The molecule has 1 aromatic carbocycles. The molecule has 0 N–H and O–H groups in total. The Morgan fingerprint density at radius 1 is 1.29 bits per heavy atom. The van der Waals surface area contributed by atoms with Crippen LogP contribution < -0.4 is 34.7 Å². The Kier molecular flexibility index (Phi) is 5.95. The zero-order chi connectivity index (χ0) is 12.3. The fraction of sp³-hybridized carbons (Fsp3) is 0.182. The van der Waals surface area contributed by atoms with E-state index < -0.39 is 17.7 Å². The van der Waals surface area contributed by atoms with Crippen LogP contribution in [0.4, 0.5) is 13.2 Å². The normalized spacial score (nSPS) is 11.9. The maximum absolute atomic E-state index is 11.9. The molecule has 0 atom stereocenters. The monoisotopic (exact) mass is 252 g/mol. The average Bonchev–Trinajstić information content (AvgIpc) is 2.16. The molecule has 0 amide bonds. The summed E-state index contributed by atoms with van der Waals surface area (Å²) in [6.45, 7) is 1.58.